The number of fused-ring (bicyclic) bond motifs is 1. The highest BCUT2D eigenvalue weighted by Gasteiger charge is 2.18. The molecule has 1 aliphatic rings. The summed E-state index contributed by atoms with van der Waals surface area (Å²) in [5.74, 6) is 0.559. The molecule has 0 bridgehead atoms. The minimum atomic E-state index is -3.07. The Bertz CT molecular complexity index is 514. The van der Waals surface area contributed by atoms with Crippen molar-refractivity contribution < 1.29 is 8.42 Å². The van der Waals surface area contributed by atoms with Crippen LogP contribution in [0.5, 0.6) is 0 Å². The Kier molecular flexibility index (Phi) is 4.96. The Balaban J connectivity index is 1.78. The third-order valence-electron chi connectivity index (χ3n) is 3.55. The van der Waals surface area contributed by atoms with E-state index in [1.54, 1.807) is 0 Å². The van der Waals surface area contributed by atoms with Crippen molar-refractivity contribution in [2.45, 2.75) is 25.2 Å². The van der Waals surface area contributed by atoms with E-state index in [0.717, 1.165) is 6.54 Å². The van der Waals surface area contributed by atoms with Crippen LogP contribution in [0.2, 0.25) is 0 Å². The van der Waals surface area contributed by atoms with Crippen LogP contribution in [0.15, 0.2) is 24.3 Å². The summed E-state index contributed by atoms with van der Waals surface area (Å²) in [6.45, 7) is 2.04. The zero-order chi connectivity index (χ0) is 13.7. The minimum Gasteiger partial charge on any atom is -0.315 e. The summed E-state index contributed by atoms with van der Waals surface area (Å²) in [4.78, 5) is 0. The number of rotatable bonds is 6. The normalized spacial score (nSPS) is 19.1. The van der Waals surface area contributed by atoms with Crippen LogP contribution in [0, 0.1) is 0 Å². The monoisotopic (exact) mass is 282 g/mol. The topological polar surface area (TPSA) is 58.2 Å². The molecule has 0 fully saturated rings. The molecule has 0 aliphatic heterocycles. The van der Waals surface area contributed by atoms with Gasteiger partial charge in [-0.25, -0.2) is 13.1 Å². The summed E-state index contributed by atoms with van der Waals surface area (Å²) in [6, 6.07) is 8.63. The second-order valence-corrected chi connectivity index (χ2v) is 6.99. The van der Waals surface area contributed by atoms with Gasteiger partial charge in [-0.15, -0.1) is 0 Å². The van der Waals surface area contributed by atoms with Crippen molar-refractivity contribution in [3.05, 3.63) is 35.4 Å². The fourth-order valence-corrected chi connectivity index (χ4v) is 3.14. The standard InChI is InChI=1S/C14H22N2O2S/c1-19(17,18)16-10-9-15-11-13-7-4-6-12-5-2-3-8-14(12)13/h2-3,5,8,13,15-16H,4,6-7,9-11H2,1H3. The number of hydrogen-bond donors (Lipinski definition) is 2. The SMILES string of the molecule is CS(=O)(=O)NCCNCC1CCCc2ccccc21. The van der Waals surface area contributed by atoms with Crippen molar-refractivity contribution in [2.75, 3.05) is 25.9 Å². The number of nitrogens with one attached hydrogen (secondary N) is 2. The Morgan fingerprint density at radius 1 is 1.26 bits per heavy atom. The molecular weight excluding hydrogens is 260 g/mol. The van der Waals surface area contributed by atoms with E-state index in [4.69, 9.17) is 0 Å². The molecule has 5 heteroatoms. The van der Waals surface area contributed by atoms with Crippen LogP contribution < -0.4 is 10.0 Å². The first-order valence-electron chi connectivity index (χ1n) is 6.79. The van der Waals surface area contributed by atoms with Crippen molar-refractivity contribution in [3.63, 3.8) is 0 Å². The van der Waals surface area contributed by atoms with Crippen molar-refractivity contribution in [1.82, 2.24) is 10.0 Å². The first-order chi connectivity index (χ1) is 9.06. The highest BCUT2D eigenvalue weighted by molar-refractivity contribution is 7.88. The van der Waals surface area contributed by atoms with Crippen LogP contribution >= 0.6 is 0 Å². The van der Waals surface area contributed by atoms with E-state index in [-0.39, 0.29) is 0 Å². The molecule has 1 aliphatic carbocycles. The predicted molar refractivity (Wildman–Crippen MR) is 77.8 cm³/mol. The predicted octanol–water partition coefficient (Wildman–Crippen LogP) is 1.25. The summed E-state index contributed by atoms with van der Waals surface area (Å²) in [7, 11) is -3.07. The third-order valence-corrected chi connectivity index (χ3v) is 4.28. The molecule has 2 rings (SSSR count). The molecule has 0 saturated carbocycles. The summed E-state index contributed by atoms with van der Waals surface area (Å²) < 4.78 is 24.3. The van der Waals surface area contributed by atoms with Crippen molar-refractivity contribution in [1.29, 1.82) is 0 Å². The molecule has 0 amide bonds. The number of sulfonamides is 1. The van der Waals surface area contributed by atoms with E-state index in [1.165, 1.54) is 36.6 Å². The van der Waals surface area contributed by atoms with Gasteiger partial charge in [0.05, 0.1) is 6.26 Å². The van der Waals surface area contributed by atoms with Gasteiger partial charge in [-0.1, -0.05) is 24.3 Å². The highest BCUT2D eigenvalue weighted by Crippen LogP contribution is 2.30. The number of hydrogen-bond acceptors (Lipinski definition) is 3. The van der Waals surface area contributed by atoms with Gasteiger partial charge in [0, 0.05) is 19.6 Å². The molecule has 1 atom stereocenters. The van der Waals surface area contributed by atoms with Gasteiger partial charge in [-0.05, 0) is 36.3 Å². The Morgan fingerprint density at radius 3 is 2.84 bits per heavy atom. The Morgan fingerprint density at radius 2 is 2.05 bits per heavy atom. The quantitative estimate of drug-likeness (QED) is 0.772. The molecule has 1 aromatic rings. The van der Waals surface area contributed by atoms with Crippen LogP contribution in [-0.4, -0.2) is 34.3 Å². The molecule has 19 heavy (non-hydrogen) atoms. The largest absolute Gasteiger partial charge is 0.315 e. The maximum atomic E-state index is 10.9. The second kappa shape index (κ2) is 6.50. The van der Waals surface area contributed by atoms with E-state index >= 15 is 0 Å². The molecular formula is C14H22N2O2S. The molecule has 0 spiro atoms. The van der Waals surface area contributed by atoms with Crippen molar-refractivity contribution >= 4 is 10.0 Å². The molecule has 0 aromatic heterocycles. The van der Waals surface area contributed by atoms with E-state index in [0.29, 0.717) is 19.0 Å². The molecule has 0 radical (unpaired) electrons. The summed E-state index contributed by atoms with van der Waals surface area (Å²) in [5, 5.41) is 3.34. The maximum Gasteiger partial charge on any atom is 0.208 e. The molecule has 2 N–H and O–H groups in total. The van der Waals surface area contributed by atoms with Gasteiger partial charge < -0.3 is 5.32 Å². The van der Waals surface area contributed by atoms with Crippen LogP contribution in [-0.2, 0) is 16.4 Å². The Hall–Kier alpha value is -0.910. The lowest BCUT2D eigenvalue weighted by Crippen LogP contribution is -2.33. The van der Waals surface area contributed by atoms with E-state index in [9.17, 15) is 8.42 Å². The first kappa shape index (κ1) is 14.5. The maximum absolute atomic E-state index is 10.9. The van der Waals surface area contributed by atoms with Crippen molar-refractivity contribution in [3.8, 4) is 0 Å². The Labute approximate surface area is 115 Å². The molecule has 0 saturated heterocycles. The van der Waals surface area contributed by atoms with Crippen LogP contribution in [0.25, 0.3) is 0 Å². The highest BCUT2D eigenvalue weighted by atomic mass is 32.2. The van der Waals surface area contributed by atoms with Gasteiger partial charge in [-0.2, -0.15) is 0 Å². The molecule has 1 aromatic carbocycles. The van der Waals surface area contributed by atoms with Gasteiger partial charge in [-0.3, -0.25) is 0 Å². The lowest BCUT2D eigenvalue weighted by molar-refractivity contribution is 0.507. The summed E-state index contributed by atoms with van der Waals surface area (Å²) in [5.41, 5.74) is 2.92. The van der Waals surface area contributed by atoms with Gasteiger partial charge in [0.25, 0.3) is 0 Å². The molecule has 0 heterocycles. The van der Waals surface area contributed by atoms with Gasteiger partial charge in [0.1, 0.15) is 0 Å². The summed E-state index contributed by atoms with van der Waals surface area (Å²) in [6.07, 6.45) is 4.82. The molecule has 1 unspecified atom stereocenters. The van der Waals surface area contributed by atoms with Gasteiger partial charge in [0.2, 0.25) is 10.0 Å². The molecule has 106 valence electrons. The summed E-state index contributed by atoms with van der Waals surface area (Å²) >= 11 is 0. The fraction of sp³-hybridized carbons (Fsp3) is 0.571. The number of benzene rings is 1. The lowest BCUT2D eigenvalue weighted by Gasteiger charge is -2.25. The average molecular weight is 282 g/mol. The average Bonchev–Trinajstić information content (AvgIpc) is 2.37. The van der Waals surface area contributed by atoms with Gasteiger partial charge >= 0.3 is 0 Å². The number of aryl methyl sites for hydroxylation is 1. The third kappa shape index (κ3) is 4.60. The second-order valence-electron chi connectivity index (χ2n) is 5.16. The van der Waals surface area contributed by atoms with E-state index < -0.39 is 10.0 Å². The lowest BCUT2D eigenvalue weighted by atomic mass is 9.83. The zero-order valence-corrected chi connectivity index (χ0v) is 12.2. The van der Waals surface area contributed by atoms with Crippen molar-refractivity contribution in [2.24, 2.45) is 0 Å². The van der Waals surface area contributed by atoms with E-state index in [2.05, 4.69) is 34.3 Å². The minimum absolute atomic E-state index is 0.452. The van der Waals surface area contributed by atoms with E-state index in [1.807, 2.05) is 0 Å². The molecule has 4 nitrogen and oxygen atoms in total. The first-order valence-corrected chi connectivity index (χ1v) is 8.68. The van der Waals surface area contributed by atoms with Crippen LogP contribution in [0.3, 0.4) is 0 Å². The smallest absolute Gasteiger partial charge is 0.208 e. The van der Waals surface area contributed by atoms with Crippen LogP contribution in [0.1, 0.15) is 29.9 Å². The fourth-order valence-electron chi connectivity index (χ4n) is 2.67. The van der Waals surface area contributed by atoms with Gasteiger partial charge in [0.15, 0.2) is 0 Å². The zero-order valence-electron chi connectivity index (χ0n) is 11.4. The van der Waals surface area contributed by atoms with Crippen LogP contribution in [0.4, 0.5) is 0 Å².